The molecule has 0 atom stereocenters. The molecule has 0 aliphatic heterocycles. The van der Waals surface area contributed by atoms with E-state index in [1.807, 2.05) is 48.5 Å². The van der Waals surface area contributed by atoms with E-state index in [1.165, 1.54) is 0 Å². The topological polar surface area (TPSA) is 36.9 Å². The average molecular weight is 312 g/mol. The Hall–Kier alpha value is -2.05. The predicted octanol–water partition coefficient (Wildman–Crippen LogP) is 4.93. The third-order valence-electron chi connectivity index (χ3n) is 3.09. The van der Waals surface area contributed by atoms with Gasteiger partial charge in [-0.2, -0.15) is 5.26 Å². The Labute approximate surface area is 119 Å². The van der Waals surface area contributed by atoms with Gasteiger partial charge in [-0.3, -0.25) is 0 Å². The average Bonchev–Trinajstić information content (AvgIpc) is 2.77. The number of nitriles is 1. The molecule has 2 nitrogen and oxygen atoms in total. The van der Waals surface area contributed by atoms with Crippen LogP contribution in [-0.2, 0) is 6.42 Å². The Morgan fingerprint density at radius 1 is 1.05 bits per heavy atom. The van der Waals surface area contributed by atoms with Crippen molar-refractivity contribution < 1.29 is 4.42 Å². The molecule has 1 aromatic heterocycles. The van der Waals surface area contributed by atoms with Gasteiger partial charge < -0.3 is 4.42 Å². The predicted molar refractivity (Wildman–Crippen MR) is 78.7 cm³/mol. The fraction of sp³-hybridized carbons (Fsp3) is 0.0625. The van der Waals surface area contributed by atoms with Gasteiger partial charge in [0.25, 0.3) is 0 Å². The van der Waals surface area contributed by atoms with Crippen molar-refractivity contribution >= 4 is 26.9 Å². The molecule has 3 heteroatoms. The van der Waals surface area contributed by atoms with E-state index < -0.39 is 0 Å². The van der Waals surface area contributed by atoms with Crippen molar-refractivity contribution in [2.24, 2.45) is 0 Å². The van der Waals surface area contributed by atoms with E-state index in [2.05, 4.69) is 22.0 Å². The summed E-state index contributed by atoms with van der Waals surface area (Å²) in [6.45, 7) is 0. The molecule has 0 unspecified atom stereocenters. The lowest BCUT2D eigenvalue weighted by Gasteiger charge is -1.99. The van der Waals surface area contributed by atoms with Gasteiger partial charge in [0, 0.05) is 16.5 Å². The van der Waals surface area contributed by atoms with E-state index in [9.17, 15) is 0 Å². The molecule has 92 valence electrons. The van der Waals surface area contributed by atoms with E-state index in [1.54, 1.807) is 0 Å². The van der Waals surface area contributed by atoms with Gasteiger partial charge in [-0.05, 0) is 21.5 Å². The second-order valence-electron chi connectivity index (χ2n) is 4.25. The third kappa shape index (κ3) is 2.05. The van der Waals surface area contributed by atoms with Gasteiger partial charge in [-0.15, -0.1) is 0 Å². The number of hydrogen-bond donors (Lipinski definition) is 0. The molecule has 19 heavy (non-hydrogen) atoms. The molecule has 2 aromatic carbocycles. The first kappa shape index (κ1) is 12.0. The number of rotatable bonds is 2. The summed E-state index contributed by atoms with van der Waals surface area (Å²) in [5, 5.41) is 9.90. The van der Waals surface area contributed by atoms with Crippen LogP contribution < -0.4 is 0 Å². The second-order valence-corrected chi connectivity index (χ2v) is 4.97. The van der Waals surface area contributed by atoms with Crippen LogP contribution in [-0.4, -0.2) is 0 Å². The van der Waals surface area contributed by atoms with Crippen LogP contribution in [0.3, 0.4) is 0 Å². The molecule has 0 aliphatic carbocycles. The standard InChI is InChI=1S/C16H10BrNO/c17-16-14(11-5-2-1-3-6-11)13-8-4-7-12(9-10-18)15(13)19-16/h1-8H,9H2. The normalized spacial score (nSPS) is 10.5. The zero-order valence-corrected chi connectivity index (χ0v) is 11.6. The largest absolute Gasteiger partial charge is 0.448 e. The van der Waals surface area contributed by atoms with Gasteiger partial charge in [0.1, 0.15) is 5.58 Å². The quantitative estimate of drug-likeness (QED) is 0.673. The smallest absolute Gasteiger partial charge is 0.178 e. The highest BCUT2D eigenvalue weighted by molar-refractivity contribution is 9.10. The molecule has 0 spiro atoms. The van der Waals surface area contributed by atoms with Gasteiger partial charge in [-0.1, -0.05) is 48.5 Å². The van der Waals surface area contributed by atoms with Crippen LogP contribution in [0.2, 0.25) is 0 Å². The molecule has 3 rings (SSSR count). The van der Waals surface area contributed by atoms with E-state index in [0.29, 0.717) is 11.1 Å². The van der Waals surface area contributed by atoms with Gasteiger partial charge in [-0.25, -0.2) is 0 Å². The summed E-state index contributed by atoms with van der Waals surface area (Å²) in [5.74, 6) is 0. The maximum Gasteiger partial charge on any atom is 0.178 e. The lowest BCUT2D eigenvalue weighted by molar-refractivity contribution is 0.585. The van der Waals surface area contributed by atoms with Crippen molar-refractivity contribution in [3.05, 3.63) is 58.8 Å². The third-order valence-corrected chi connectivity index (χ3v) is 3.64. The molecular formula is C16H10BrNO. The number of para-hydroxylation sites is 1. The van der Waals surface area contributed by atoms with Crippen molar-refractivity contribution in [2.75, 3.05) is 0 Å². The summed E-state index contributed by atoms with van der Waals surface area (Å²) in [6, 6.07) is 18.2. The van der Waals surface area contributed by atoms with Crippen LogP contribution in [0.4, 0.5) is 0 Å². The maximum atomic E-state index is 8.87. The van der Waals surface area contributed by atoms with Crippen LogP contribution >= 0.6 is 15.9 Å². The highest BCUT2D eigenvalue weighted by atomic mass is 79.9. The zero-order chi connectivity index (χ0) is 13.2. The molecule has 0 aliphatic rings. The Balaban J connectivity index is 2.30. The molecule has 0 bridgehead atoms. The van der Waals surface area contributed by atoms with E-state index in [0.717, 1.165) is 27.7 Å². The molecule has 0 radical (unpaired) electrons. The SMILES string of the molecule is N#CCc1cccc2c(-c3ccccc3)c(Br)oc12. The first-order chi connectivity index (χ1) is 9.31. The summed E-state index contributed by atoms with van der Waals surface area (Å²) in [5.41, 5.74) is 3.84. The summed E-state index contributed by atoms with van der Waals surface area (Å²) < 4.78 is 6.51. The second kappa shape index (κ2) is 4.91. The molecule has 3 aromatic rings. The van der Waals surface area contributed by atoms with Crippen LogP contribution in [0.1, 0.15) is 5.56 Å². The van der Waals surface area contributed by atoms with Gasteiger partial charge in [0.2, 0.25) is 0 Å². The molecule has 1 heterocycles. The summed E-state index contributed by atoms with van der Waals surface area (Å²) in [6.07, 6.45) is 0.353. The van der Waals surface area contributed by atoms with Crippen LogP contribution in [0.5, 0.6) is 0 Å². The Bertz CT molecular complexity index is 769. The van der Waals surface area contributed by atoms with Gasteiger partial charge >= 0.3 is 0 Å². The number of fused-ring (bicyclic) bond motifs is 1. The van der Waals surface area contributed by atoms with Crippen LogP contribution in [0.25, 0.3) is 22.1 Å². The van der Waals surface area contributed by atoms with Crippen LogP contribution in [0.15, 0.2) is 57.6 Å². The highest BCUT2D eigenvalue weighted by Crippen LogP contribution is 2.39. The molecule has 0 amide bonds. The molecule has 0 saturated heterocycles. The monoisotopic (exact) mass is 311 g/mol. The van der Waals surface area contributed by atoms with E-state index in [-0.39, 0.29) is 0 Å². The summed E-state index contributed by atoms with van der Waals surface area (Å²) in [7, 11) is 0. The lowest BCUT2D eigenvalue weighted by atomic mass is 10.0. The summed E-state index contributed by atoms with van der Waals surface area (Å²) >= 11 is 3.48. The van der Waals surface area contributed by atoms with Crippen molar-refractivity contribution in [1.29, 1.82) is 5.26 Å². The van der Waals surface area contributed by atoms with Crippen LogP contribution in [0, 0.1) is 11.3 Å². The van der Waals surface area contributed by atoms with Crippen molar-refractivity contribution in [2.45, 2.75) is 6.42 Å². The Kier molecular flexibility index (Phi) is 3.10. The molecule has 0 fully saturated rings. The van der Waals surface area contributed by atoms with E-state index >= 15 is 0 Å². The fourth-order valence-corrected chi connectivity index (χ4v) is 2.85. The molecule has 0 saturated carbocycles. The maximum absolute atomic E-state index is 8.87. The minimum absolute atomic E-state index is 0.353. The minimum atomic E-state index is 0.353. The van der Waals surface area contributed by atoms with E-state index in [4.69, 9.17) is 9.68 Å². The number of benzene rings is 2. The highest BCUT2D eigenvalue weighted by Gasteiger charge is 2.15. The Morgan fingerprint density at radius 3 is 2.58 bits per heavy atom. The zero-order valence-electron chi connectivity index (χ0n) is 10.1. The molecule has 0 N–H and O–H groups in total. The number of nitrogens with zero attached hydrogens (tertiary/aromatic N) is 1. The number of hydrogen-bond acceptors (Lipinski definition) is 2. The number of furan rings is 1. The Morgan fingerprint density at radius 2 is 1.84 bits per heavy atom. The fourth-order valence-electron chi connectivity index (χ4n) is 2.25. The summed E-state index contributed by atoms with van der Waals surface area (Å²) in [4.78, 5) is 0. The first-order valence-corrected chi connectivity index (χ1v) is 6.73. The minimum Gasteiger partial charge on any atom is -0.448 e. The number of halogens is 1. The van der Waals surface area contributed by atoms with Crippen molar-refractivity contribution in [3.8, 4) is 17.2 Å². The lowest BCUT2D eigenvalue weighted by Crippen LogP contribution is -1.82. The first-order valence-electron chi connectivity index (χ1n) is 5.93. The van der Waals surface area contributed by atoms with Crippen molar-refractivity contribution in [3.63, 3.8) is 0 Å². The van der Waals surface area contributed by atoms with Gasteiger partial charge in [0.15, 0.2) is 4.67 Å². The van der Waals surface area contributed by atoms with Crippen molar-refractivity contribution in [1.82, 2.24) is 0 Å². The molecular weight excluding hydrogens is 302 g/mol. The van der Waals surface area contributed by atoms with Gasteiger partial charge in [0.05, 0.1) is 12.5 Å².